The van der Waals surface area contributed by atoms with Gasteiger partial charge in [-0.1, -0.05) is 109 Å². The molecule has 0 saturated heterocycles. The Morgan fingerprint density at radius 1 is 0.784 bits per heavy atom. The molecule has 5 aromatic rings. The van der Waals surface area contributed by atoms with Crippen molar-refractivity contribution in [1.82, 2.24) is 10.2 Å². The van der Waals surface area contributed by atoms with Crippen LogP contribution in [-0.2, 0) is 32.6 Å². The van der Waals surface area contributed by atoms with Crippen molar-refractivity contribution < 1.29 is 22.7 Å². The fourth-order valence-corrected chi connectivity index (χ4v) is 7.15. The van der Waals surface area contributed by atoms with Crippen LogP contribution >= 0.6 is 11.6 Å². The van der Waals surface area contributed by atoms with Crippen molar-refractivity contribution >= 4 is 39.1 Å². The molecule has 1 N–H and O–H groups in total. The number of nitrogens with zero attached hydrogens (tertiary/aromatic N) is 2. The maximum Gasteiger partial charge on any atom is 0.264 e. The number of hydrogen-bond donors (Lipinski definition) is 1. The van der Waals surface area contributed by atoms with E-state index >= 15 is 0 Å². The number of nitrogens with one attached hydrogen (secondary N) is 1. The van der Waals surface area contributed by atoms with E-state index in [1.807, 2.05) is 80.6 Å². The zero-order valence-electron chi connectivity index (χ0n) is 28.7. The van der Waals surface area contributed by atoms with Gasteiger partial charge in [0.15, 0.2) is 0 Å². The molecule has 0 radical (unpaired) electrons. The molecule has 0 aliphatic heterocycles. The molecular weight excluding hydrogens is 682 g/mol. The average Bonchev–Trinajstić information content (AvgIpc) is 3.14. The van der Waals surface area contributed by atoms with E-state index in [2.05, 4.69) is 5.32 Å². The van der Waals surface area contributed by atoms with Crippen molar-refractivity contribution in [3.05, 3.63) is 155 Å². The number of para-hydroxylation sites is 1. The third kappa shape index (κ3) is 9.99. The second kappa shape index (κ2) is 17.7. The van der Waals surface area contributed by atoms with Crippen molar-refractivity contribution in [1.29, 1.82) is 0 Å². The van der Waals surface area contributed by atoms with E-state index in [0.717, 1.165) is 28.3 Å². The zero-order chi connectivity index (χ0) is 36.2. The third-order valence-corrected chi connectivity index (χ3v) is 10.5. The Balaban J connectivity index is 1.55. The van der Waals surface area contributed by atoms with Crippen molar-refractivity contribution in [2.24, 2.45) is 0 Å². The lowest BCUT2D eigenvalue weighted by Gasteiger charge is -2.34. The summed E-state index contributed by atoms with van der Waals surface area (Å²) in [5, 5.41) is 3.43. The topological polar surface area (TPSA) is 96.0 Å². The highest BCUT2D eigenvalue weighted by molar-refractivity contribution is 7.92. The fraction of sp³-hybridized carbons (Fsp3) is 0.220. The second-order valence-electron chi connectivity index (χ2n) is 12.2. The largest absolute Gasteiger partial charge is 0.457 e. The molecule has 10 heteroatoms. The van der Waals surface area contributed by atoms with Crippen LogP contribution in [0, 0.1) is 6.92 Å². The molecule has 0 heterocycles. The average molecular weight is 724 g/mol. The Morgan fingerprint density at radius 3 is 2.04 bits per heavy atom. The molecule has 0 aromatic heterocycles. The normalized spacial score (nSPS) is 11.7. The number of sulfonamides is 1. The molecule has 0 saturated carbocycles. The Bertz CT molecular complexity index is 1990. The summed E-state index contributed by atoms with van der Waals surface area (Å²) in [7, 11) is -4.26. The van der Waals surface area contributed by atoms with Crippen molar-refractivity contribution in [2.45, 2.75) is 50.6 Å². The zero-order valence-corrected chi connectivity index (χ0v) is 30.3. The van der Waals surface area contributed by atoms with E-state index in [0.29, 0.717) is 28.6 Å². The highest BCUT2D eigenvalue weighted by Gasteiger charge is 2.35. The Hall–Kier alpha value is -5.12. The molecule has 0 spiro atoms. The van der Waals surface area contributed by atoms with Crippen LogP contribution in [-0.4, -0.2) is 44.3 Å². The van der Waals surface area contributed by atoms with Crippen LogP contribution in [0.5, 0.6) is 11.5 Å². The van der Waals surface area contributed by atoms with E-state index in [4.69, 9.17) is 16.3 Å². The van der Waals surface area contributed by atoms with E-state index in [1.54, 1.807) is 54.6 Å². The first-order valence-corrected chi connectivity index (χ1v) is 18.7. The molecule has 0 aliphatic carbocycles. The minimum atomic E-state index is -4.26. The number of amides is 2. The summed E-state index contributed by atoms with van der Waals surface area (Å²) >= 11 is 6.60. The SMILES string of the molecule is CCCCNC(=O)C(Cc1ccccc1)N(Cc1ccccc1Cl)C(=O)CN(c1ccc(Oc2ccccc2)cc1)S(=O)(=O)c1ccc(C)cc1. The number of ether oxygens (including phenoxy) is 1. The molecule has 5 rings (SSSR count). The standard InChI is InChI=1S/C41H42ClN3O5S/c1-3-4-27-43-41(47)39(28-32-13-7-5-8-14-32)44(29-33-15-11-12-18-38(33)42)40(46)30-45(51(48,49)37-25-19-31(2)20-26-37)34-21-23-36(24-22-34)50-35-16-9-6-10-17-35/h5-26,39H,3-4,27-30H2,1-2H3,(H,43,47). The highest BCUT2D eigenvalue weighted by Crippen LogP contribution is 2.29. The molecule has 0 aliphatic rings. The van der Waals surface area contributed by atoms with Crippen molar-refractivity contribution in [3.8, 4) is 11.5 Å². The van der Waals surface area contributed by atoms with Gasteiger partial charge in [-0.15, -0.1) is 0 Å². The van der Waals surface area contributed by atoms with Crippen LogP contribution in [0.3, 0.4) is 0 Å². The quantitative estimate of drug-likeness (QED) is 0.104. The van der Waals surface area contributed by atoms with Crippen molar-refractivity contribution in [3.63, 3.8) is 0 Å². The lowest BCUT2D eigenvalue weighted by molar-refractivity contribution is -0.140. The van der Waals surface area contributed by atoms with Crippen LogP contribution in [0.4, 0.5) is 5.69 Å². The number of halogens is 1. The van der Waals surface area contributed by atoms with Crippen LogP contribution in [0.2, 0.25) is 5.02 Å². The minimum Gasteiger partial charge on any atom is -0.457 e. The van der Waals surface area contributed by atoms with E-state index in [1.165, 1.54) is 17.0 Å². The van der Waals surface area contributed by atoms with Gasteiger partial charge in [0.2, 0.25) is 11.8 Å². The summed E-state index contributed by atoms with van der Waals surface area (Å²) in [6.07, 6.45) is 1.87. The Kier molecular flexibility index (Phi) is 12.9. The first-order chi connectivity index (χ1) is 24.7. The van der Waals surface area contributed by atoms with Crippen LogP contribution < -0.4 is 14.4 Å². The van der Waals surface area contributed by atoms with Gasteiger partial charge in [0.1, 0.15) is 24.1 Å². The monoisotopic (exact) mass is 723 g/mol. The molecule has 51 heavy (non-hydrogen) atoms. The first kappa shape index (κ1) is 37.1. The summed E-state index contributed by atoms with van der Waals surface area (Å²) in [5.74, 6) is 0.224. The first-order valence-electron chi connectivity index (χ1n) is 16.9. The summed E-state index contributed by atoms with van der Waals surface area (Å²) in [5.41, 5.74) is 2.63. The van der Waals surface area contributed by atoms with Crippen LogP contribution in [0.1, 0.15) is 36.5 Å². The number of carbonyl (C=O) groups is 2. The van der Waals surface area contributed by atoms with E-state index in [-0.39, 0.29) is 29.5 Å². The second-order valence-corrected chi connectivity index (χ2v) is 14.5. The molecular formula is C41H42ClN3O5S. The summed E-state index contributed by atoms with van der Waals surface area (Å²) < 4.78 is 35.8. The predicted molar refractivity (Wildman–Crippen MR) is 203 cm³/mol. The van der Waals surface area contributed by atoms with Crippen LogP contribution in [0.25, 0.3) is 0 Å². The molecule has 264 valence electrons. The van der Waals surface area contributed by atoms with Gasteiger partial charge < -0.3 is 15.0 Å². The molecule has 1 unspecified atom stereocenters. The number of benzene rings is 5. The van der Waals surface area contributed by atoms with Gasteiger partial charge in [-0.3, -0.25) is 13.9 Å². The Morgan fingerprint density at radius 2 is 1.39 bits per heavy atom. The molecule has 8 nitrogen and oxygen atoms in total. The third-order valence-electron chi connectivity index (χ3n) is 8.39. The summed E-state index contributed by atoms with van der Waals surface area (Å²) in [6, 6.07) is 37.8. The van der Waals surface area contributed by atoms with Crippen LogP contribution in [0.15, 0.2) is 138 Å². The maximum atomic E-state index is 14.7. The summed E-state index contributed by atoms with van der Waals surface area (Å²) in [6.45, 7) is 3.76. The molecule has 0 fully saturated rings. The predicted octanol–water partition coefficient (Wildman–Crippen LogP) is 8.19. The van der Waals surface area contributed by atoms with Gasteiger partial charge in [0.05, 0.1) is 10.6 Å². The number of rotatable bonds is 16. The fourth-order valence-electron chi connectivity index (χ4n) is 5.54. The van der Waals surface area contributed by atoms with Gasteiger partial charge in [-0.2, -0.15) is 0 Å². The van der Waals surface area contributed by atoms with Gasteiger partial charge >= 0.3 is 0 Å². The number of hydrogen-bond acceptors (Lipinski definition) is 5. The maximum absolute atomic E-state index is 14.7. The molecule has 1 atom stereocenters. The van der Waals surface area contributed by atoms with Crippen molar-refractivity contribution in [2.75, 3.05) is 17.4 Å². The van der Waals surface area contributed by atoms with Gasteiger partial charge in [0.25, 0.3) is 10.0 Å². The minimum absolute atomic E-state index is 0.0144. The van der Waals surface area contributed by atoms with Gasteiger partial charge in [-0.25, -0.2) is 8.42 Å². The number of carbonyl (C=O) groups excluding carboxylic acids is 2. The molecule has 2 amide bonds. The smallest absolute Gasteiger partial charge is 0.264 e. The molecule has 5 aromatic carbocycles. The number of anilines is 1. The highest BCUT2D eigenvalue weighted by atomic mass is 35.5. The van der Waals surface area contributed by atoms with Gasteiger partial charge in [0, 0.05) is 24.5 Å². The lowest BCUT2D eigenvalue weighted by atomic mass is 10.0. The van der Waals surface area contributed by atoms with E-state index in [9.17, 15) is 18.0 Å². The number of aryl methyl sites for hydroxylation is 1. The molecule has 0 bridgehead atoms. The van der Waals surface area contributed by atoms with Gasteiger partial charge in [-0.05, 0) is 79.1 Å². The van der Waals surface area contributed by atoms with E-state index < -0.39 is 28.5 Å². The Labute approximate surface area is 305 Å². The summed E-state index contributed by atoms with van der Waals surface area (Å²) in [4.78, 5) is 30.1. The number of unbranched alkanes of at least 4 members (excludes halogenated alkanes) is 1. The lowest BCUT2D eigenvalue weighted by Crippen LogP contribution is -2.53.